The molecule has 2 atom stereocenters. The van der Waals surface area contributed by atoms with Gasteiger partial charge in [0.15, 0.2) is 0 Å². The van der Waals surface area contributed by atoms with Crippen LogP contribution in [0.15, 0.2) is 54.9 Å². The maximum absolute atomic E-state index is 12.1. The molecular formula is C35H38Cl2N6O6. The number of aliphatic hydroxyl groups is 1. The number of nitrogens with zero attached hydrogens (tertiary/aromatic N) is 3. The number of rotatable bonds is 15. The first-order valence-corrected chi connectivity index (χ1v) is 16.5. The zero-order chi connectivity index (χ0) is 34.9. The van der Waals surface area contributed by atoms with Gasteiger partial charge in [0, 0.05) is 78.9 Å². The molecule has 0 unspecified atom stereocenters. The number of hydrogen-bond acceptors (Lipinski definition) is 11. The van der Waals surface area contributed by atoms with E-state index in [-0.39, 0.29) is 31.5 Å². The van der Waals surface area contributed by atoms with Crippen LogP contribution in [0, 0.1) is 0 Å². The number of nitrogens with one attached hydrogen (secondary N) is 3. The predicted molar refractivity (Wildman–Crippen MR) is 186 cm³/mol. The number of hydrogen-bond donors (Lipinski definition) is 4. The van der Waals surface area contributed by atoms with Crippen LogP contribution in [0.4, 0.5) is 0 Å². The van der Waals surface area contributed by atoms with Crippen molar-refractivity contribution in [2.45, 2.75) is 44.4 Å². The van der Waals surface area contributed by atoms with Crippen molar-refractivity contribution < 1.29 is 28.9 Å². The molecule has 0 spiro atoms. The molecule has 1 saturated heterocycles. The molecule has 0 aliphatic carbocycles. The average Bonchev–Trinajstić information content (AvgIpc) is 3.54. The first-order chi connectivity index (χ1) is 23.8. The molecule has 1 aromatic carbocycles. The van der Waals surface area contributed by atoms with Gasteiger partial charge in [-0.05, 0) is 31.0 Å². The van der Waals surface area contributed by atoms with Crippen LogP contribution in [0.3, 0.4) is 0 Å². The van der Waals surface area contributed by atoms with Gasteiger partial charge in [0.05, 0.1) is 48.5 Å². The lowest BCUT2D eigenvalue weighted by atomic mass is 9.99. The molecule has 1 amide bonds. The van der Waals surface area contributed by atoms with Crippen LogP contribution in [0.1, 0.15) is 30.5 Å². The Morgan fingerprint density at radius 2 is 1.84 bits per heavy atom. The second-order valence-corrected chi connectivity index (χ2v) is 12.1. The van der Waals surface area contributed by atoms with Gasteiger partial charge in [-0.15, -0.1) is 0 Å². The molecule has 0 bridgehead atoms. The largest absolute Gasteiger partial charge is 0.495 e. The van der Waals surface area contributed by atoms with Gasteiger partial charge in [-0.3, -0.25) is 24.9 Å². The summed E-state index contributed by atoms with van der Waals surface area (Å²) in [6, 6.07) is 12.5. The second-order valence-electron chi connectivity index (χ2n) is 11.3. The standard InChI is InChI=1S/C35H38Cl2N6O6/c1-47-29-15-21(17-40-28(29)19-41-27(12-14-44)35(46)49-3)33-32(37)24(11-13-39-33)23-5-4-6-25(31(23)36)26-9-7-20(34(43-26)48-2)16-38-18-22-8-10-30(45)42-22/h4-7,9,11,13,15,17,22,27,38,41,44H,8,10,12,14,16,18-19H2,1-3H3,(H,42,45)/t22-,27+/m0/s1. The number of methoxy groups -OCH3 is 3. The van der Waals surface area contributed by atoms with E-state index in [4.69, 9.17) is 42.4 Å². The highest BCUT2D eigenvalue weighted by atomic mass is 35.5. The van der Waals surface area contributed by atoms with Crippen molar-refractivity contribution >= 4 is 35.1 Å². The Balaban J connectivity index is 1.38. The molecule has 49 heavy (non-hydrogen) atoms. The van der Waals surface area contributed by atoms with E-state index in [2.05, 4.69) is 25.9 Å². The van der Waals surface area contributed by atoms with E-state index in [0.29, 0.717) is 80.5 Å². The van der Waals surface area contributed by atoms with Crippen molar-refractivity contribution in [3.05, 3.63) is 76.2 Å². The highest BCUT2D eigenvalue weighted by Crippen LogP contribution is 2.42. The molecule has 4 aromatic rings. The van der Waals surface area contributed by atoms with Gasteiger partial charge in [-0.1, -0.05) is 47.5 Å². The van der Waals surface area contributed by atoms with E-state index in [0.717, 1.165) is 12.0 Å². The minimum Gasteiger partial charge on any atom is -0.495 e. The number of aromatic nitrogens is 3. The van der Waals surface area contributed by atoms with Gasteiger partial charge in [0.2, 0.25) is 11.8 Å². The molecule has 4 heterocycles. The third kappa shape index (κ3) is 8.46. The Bertz CT molecular complexity index is 1810. The minimum atomic E-state index is -0.696. The molecule has 4 N–H and O–H groups in total. The third-order valence-corrected chi connectivity index (χ3v) is 9.01. The Morgan fingerprint density at radius 3 is 2.55 bits per heavy atom. The zero-order valence-electron chi connectivity index (χ0n) is 27.4. The summed E-state index contributed by atoms with van der Waals surface area (Å²) in [6.07, 6.45) is 4.85. The van der Waals surface area contributed by atoms with Crippen LogP contribution in [0.25, 0.3) is 33.6 Å². The van der Waals surface area contributed by atoms with Crippen LogP contribution in [-0.4, -0.2) is 78.5 Å². The molecule has 5 rings (SSSR count). The SMILES string of the molecule is COC(=O)[C@@H](CCO)NCc1ncc(-c2nccc(-c3cccc(-c4ccc(CNC[C@@H]5CCC(=O)N5)c(OC)n4)c3Cl)c2Cl)cc1OC. The lowest BCUT2D eigenvalue weighted by molar-refractivity contribution is -0.143. The molecule has 14 heteroatoms. The highest BCUT2D eigenvalue weighted by Gasteiger charge is 2.22. The van der Waals surface area contributed by atoms with Gasteiger partial charge in [-0.25, -0.2) is 4.98 Å². The van der Waals surface area contributed by atoms with E-state index in [1.807, 2.05) is 30.3 Å². The lowest BCUT2D eigenvalue weighted by Crippen LogP contribution is -2.38. The van der Waals surface area contributed by atoms with Crippen molar-refractivity contribution in [1.29, 1.82) is 0 Å². The summed E-state index contributed by atoms with van der Waals surface area (Å²) in [6.45, 7) is 1.21. The average molecular weight is 710 g/mol. The van der Waals surface area contributed by atoms with E-state index in [1.54, 1.807) is 31.6 Å². The fourth-order valence-corrected chi connectivity index (χ4v) is 6.29. The summed E-state index contributed by atoms with van der Waals surface area (Å²) in [5.41, 5.74) is 5.21. The van der Waals surface area contributed by atoms with Crippen molar-refractivity contribution in [2.75, 3.05) is 34.5 Å². The lowest BCUT2D eigenvalue weighted by Gasteiger charge is -2.17. The molecule has 3 aromatic heterocycles. The van der Waals surface area contributed by atoms with Gasteiger partial charge in [0.1, 0.15) is 11.8 Å². The first kappa shape index (κ1) is 36.0. The van der Waals surface area contributed by atoms with Crippen LogP contribution >= 0.6 is 23.2 Å². The van der Waals surface area contributed by atoms with E-state index in [1.165, 1.54) is 14.2 Å². The fourth-order valence-electron chi connectivity index (χ4n) is 5.64. The monoisotopic (exact) mass is 708 g/mol. The number of amides is 1. The number of aliphatic hydroxyl groups excluding tert-OH is 1. The molecule has 1 aliphatic rings. The predicted octanol–water partition coefficient (Wildman–Crippen LogP) is 4.58. The van der Waals surface area contributed by atoms with Gasteiger partial charge in [0.25, 0.3) is 0 Å². The quantitative estimate of drug-likeness (QED) is 0.128. The van der Waals surface area contributed by atoms with Gasteiger partial charge in [-0.2, -0.15) is 0 Å². The highest BCUT2D eigenvalue weighted by molar-refractivity contribution is 6.39. The summed E-state index contributed by atoms with van der Waals surface area (Å²) in [4.78, 5) is 37.4. The smallest absolute Gasteiger partial charge is 0.322 e. The minimum absolute atomic E-state index is 0.0852. The molecule has 1 fully saturated rings. The summed E-state index contributed by atoms with van der Waals surface area (Å²) in [5, 5.41) is 19.5. The normalized spacial score (nSPS) is 14.7. The Labute approximate surface area is 294 Å². The molecule has 12 nitrogen and oxygen atoms in total. The van der Waals surface area contributed by atoms with Crippen LogP contribution in [0.5, 0.6) is 11.6 Å². The summed E-state index contributed by atoms with van der Waals surface area (Å²) >= 11 is 14.0. The van der Waals surface area contributed by atoms with Crippen molar-refractivity contribution in [3.8, 4) is 45.3 Å². The Morgan fingerprint density at radius 1 is 1.04 bits per heavy atom. The molecule has 0 saturated carbocycles. The van der Waals surface area contributed by atoms with Crippen molar-refractivity contribution in [2.24, 2.45) is 0 Å². The summed E-state index contributed by atoms with van der Waals surface area (Å²) < 4.78 is 16.0. The molecule has 258 valence electrons. The second kappa shape index (κ2) is 16.9. The maximum Gasteiger partial charge on any atom is 0.322 e. The number of carbonyl (C=O) groups excluding carboxylic acids is 2. The fraction of sp³-hybridized carbons (Fsp3) is 0.343. The van der Waals surface area contributed by atoms with Crippen molar-refractivity contribution in [1.82, 2.24) is 30.9 Å². The van der Waals surface area contributed by atoms with Crippen molar-refractivity contribution in [3.63, 3.8) is 0 Å². The number of ether oxygens (including phenoxy) is 3. The van der Waals surface area contributed by atoms with Gasteiger partial charge < -0.3 is 30.0 Å². The molecular weight excluding hydrogens is 671 g/mol. The number of benzene rings is 1. The molecule has 1 aliphatic heterocycles. The Hall–Kier alpha value is -4.33. The number of pyridine rings is 3. The number of esters is 1. The third-order valence-electron chi connectivity index (χ3n) is 8.22. The first-order valence-electron chi connectivity index (χ1n) is 15.7. The number of halogens is 2. The van der Waals surface area contributed by atoms with E-state index < -0.39 is 12.0 Å². The van der Waals surface area contributed by atoms with Gasteiger partial charge >= 0.3 is 5.97 Å². The molecule has 0 radical (unpaired) electrons. The topological polar surface area (TPSA) is 157 Å². The van der Waals surface area contributed by atoms with E-state index >= 15 is 0 Å². The number of carbonyl (C=O) groups is 2. The van der Waals surface area contributed by atoms with Crippen LogP contribution < -0.4 is 25.4 Å². The van der Waals surface area contributed by atoms with Crippen LogP contribution in [-0.2, 0) is 27.4 Å². The van der Waals surface area contributed by atoms with E-state index in [9.17, 15) is 14.7 Å². The Kier molecular flexibility index (Phi) is 12.4. The summed E-state index contributed by atoms with van der Waals surface area (Å²) in [5.74, 6) is 0.542. The van der Waals surface area contributed by atoms with Crippen LogP contribution in [0.2, 0.25) is 10.0 Å². The summed E-state index contributed by atoms with van der Waals surface area (Å²) in [7, 11) is 4.39. The maximum atomic E-state index is 12.1. The zero-order valence-corrected chi connectivity index (χ0v) is 28.9.